The van der Waals surface area contributed by atoms with Crippen molar-refractivity contribution >= 4 is 29.9 Å². The van der Waals surface area contributed by atoms with E-state index < -0.39 is 6.16 Å². The molecule has 0 rings (SSSR count). The average Bonchev–Trinajstić information content (AvgIpc) is 2.62. The van der Waals surface area contributed by atoms with Crippen molar-refractivity contribution in [2.45, 2.75) is 57.4 Å². The quantitative estimate of drug-likeness (QED) is 0.381. The van der Waals surface area contributed by atoms with Crippen LogP contribution in [0.15, 0.2) is 0 Å². The standard InChI is InChI=1S/2C4H9NO.C3H6O3.2C3H6O2.4CH4/c2*1-4(6)5(2)3;1-5-3(4)6-2;2*1-3(4)5-2;;;;/h2*1-3H3;1-2H3;2*1-2H3;4*1H4. The van der Waals surface area contributed by atoms with E-state index in [0.717, 1.165) is 0 Å². The minimum atomic E-state index is -0.657. The topological polar surface area (TPSA) is 129 Å². The second kappa shape index (κ2) is 42.3. The molecule has 0 saturated carbocycles. The maximum absolute atomic E-state index is 10.1. The summed E-state index contributed by atoms with van der Waals surface area (Å²) in [5.74, 6) is -0.306. The summed E-state index contributed by atoms with van der Waals surface area (Å²) < 4.78 is 16.3. The van der Waals surface area contributed by atoms with E-state index in [1.165, 1.54) is 65.9 Å². The van der Waals surface area contributed by atoms with Gasteiger partial charge in [0, 0.05) is 55.9 Å². The van der Waals surface area contributed by atoms with Crippen molar-refractivity contribution in [1.29, 1.82) is 0 Å². The van der Waals surface area contributed by atoms with Crippen molar-refractivity contribution in [3.05, 3.63) is 0 Å². The Morgan fingerprint density at radius 2 is 0.594 bits per heavy atom. The Morgan fingerprint density at radius 1 is 0.469 bits per heavy atom. The Hall–Kier alpha value is -2.85. The molecule has 0 saturated heterocycles. The van der Waals surface area contributed by atoms with Crippen molar-refractivity contribution in [1.82, 2.24) is 9.80 Å². The molecule has 0 bridgehead atoms. The molecule has 0 aromatic carbocycles. The number of rotatable bonds is 0. The molecule has 2 amide bonds. The van der Waals surface area contributed by atoms with E-state index in [9.17, 15) is 24.0 Å². The molecule has 0 radical (unpaired) electrons. The number of hydrogen-bond donors (Lipinski definition) is 0. The highest BCUT2D eigenvalue weighted by Gasteiger charge is 1.89. The predicted octanol–water partition coefficient (Wildman–Crippen LogP) is 3.49. The fourth-order valence-electron chi connectivity index (χ4n) is 0.0833. The molecule has 0 aromatic heterocycles. The van der Waals surface area contributed by atoms with Gasteiger partial charge >= 0.3 is 18.1 Å². The highest BCUT2D eigenvalue weighted by Crippen LogP contribution is 1.72. The van der Waals surface area contributed by atoms with E-state index in [1.807, 2.05) is 0 Å². The van der Waals surface area contributed by atoms with E-state index >= 15 is 0 Å². The summed E-state index contributed by atoms with van der Waals surface area (Å²) in [5.41, 5.74) is 0. The molecule has 0 aliphatic heterocycles. The SMILES string of the molecule is C.C.C.C.CC(=O)N(C)C.CC(=O)N(C)C.COC(=O)OC.COC(C)=O.COC(C)=O. The maximum Gasteiger partial charge on any atom is 0.507 e. The Kier molecular flexibility index (Phi) is 75.2. The lowest BCUT2D eigenvalue weighted by molar-refractivity contribution is -0.138. The first kappa shape index (κ1) is 56.9. The second-order valence-corrected chi connectivity index (χ2v) is 4.88. The third-order valence-corrected chi connectivity index (χ3v) is 2.17. The van der Waals surface area contributed by atoms with Gasteiger partial charge in [0.05, 0.1) is 28.4 Å². The Labute approximate surface area is 197 Å². The number of ether oxygens (including phenoxy) is 4. The lowest BCUT2D eigenvalue weighted by atomic mass is 10.7. The van der Waals surface area contributed by atoms with Crippen molar-refractivity contribution in [2.75, 3.05) is 56.6 Å². The highest BCUT2D eigenvalue weighted by atomic mass is 16.7. The van der Waals surface area contributed by atoms with Crippen LogP contribution in [0.2, 0.25) is 0 Å². The van der Waals surface area contributed by atoms with Crippen molar-refractivity contribution in [3.8, 4) is 0 Å². The molecule has 0 aromatic rings. The van der Waals surface area contributed by atoms with Gasteiger partial charge < -0.3 is 28.7 Å². The third-order valence-electron chi connectivity index (χ3n) is 2.17. The van der Waals surface area contributed by atoms with Gasteiger partial charge in [-0.2, -0.15) is 0 Å². The summed E-state index contributed by atoms with van der Waals surface area (Å²) in [6.07, 6.45) is -0.657. The molecular formula is C21H52N2O9. The van der Waals surface area contributed by atoms with Gasteiger partial charge in [-0.05, 0) is 0 Å². The first-order valence-corrected chi connectivity index (χ1v) is 7.71. The van der Waals surface area contributed by atoms with E-state index in [1.54, 1.807) is 28.2 Å². The average molecular weight is 477 g/mol. The number of amides is 2. The third kappa shape index (κ3) is 107. The lowest BCUT2D eigenvalue weighted by Gasteiger charge is -2.02. The van der Waals surface area contributed by atoms with Gasteiger partial charge in [-0.3, -0.25) is 19.2 Å². The van der Waals surface area contributed by atoms with Crippen LogP contribution in [0.25, 0.3) is 0 Å². The number of carbonyl (C=O) groups excluding carboxylic acids is 5. The van der Waals surface area contributed by atoms with E-state index in [4.69, 9.17) is 0 Å². The summed E-state index contributed by atoms with van der Waals surface area (Å²) in [7, 11) is 12.1. The Bertz CT molecular complexity index is 398. The van der Waals surface area contributed by atoms with Crippen molar-refractivity contribution in [3.63, 3.8) is 0 Å². The van der Waals surface area contributed by atoms with Gasteiger partial charge in [-0.15, -0.1) is 0 Å². The fraction of sp³-hybridized carbons (Fsp3) is 0.762. The van der Waals surface area contributed by atoms with Crippen LogP contribution in [-0.4, -0.2) is 96.3 Å². The van der Waals surface area contributed by atoms with Crippen molar-refractivity contribution < 1.29 is 42.9 Å². The minimum Gasteiger partial charge on any atom is -0.469 e. The molecule has 11 nitrogen and oxygen atoms in total. The molecule has 0 fully saturated rings. The fourth-order valence-corrected chi connectivity index (χ4v) is 0.0833. The zero-order valence-corrected chi connectivity index (χ0v) is 19.1. The monoisotopic (exact) mass is 476 g/mol. The summed E-state index contributed by atoms with van der Waals surface area (Å²) in [6.45, 7) is 5.78. The number of methoxy groups -OCH3 is 4. The smallest absolute Gasteiger partial charge is 0.469 e. The molecule has 0 atom stereocenters. The summed E-state index contributed by atoms with van der Waals surface area (Å²) in [5, 5.41) is 0. The zero-order valence-electron chi connectivity index (χ0n) is 19.1. The highest BCUT2D eigenvalue weighted by molar-refractivity contribution is 5.72. The van der Waals surface area contributed by atoms with Crippen LogP contribution in [0.4, 0.5) is 4.79 Å². The number of carbonyl (C=O) groups is 5. The van der Waals surface area contributed by atoms with Gasteiger partial charge in [0.15, 0.2) is 0 Å². The number of esters is 2. The molecule has 32 heavy (non-hydrogen) atoms. The summed E-state index contributed by atoms with van der Waals surface area (Å²) in [6, 6.07) is 0. The van der Waals surface area contributed by atoms with E-state index in [0.29, 0.717) is 0 Å². The molecule has 0 heterocycles. The summed E-state index contributed by atoms with van der Waals surface area (Å²) >= 11 is 0. The van der Waals surface area contributed by atoms with Crippen LogP contribution in [0.5, 0.6) is 0 Å². The van der Waals surface area contributed by atoms with Gasteiger partial charge in [0.2, 0.25) is 11.8 Å². The minimum absolute atomic E-state index is 0. The van der Waals surface area contributed by atoms with Crippen LogP contribution >= 0.6 is 0 Å². The van der Waals surface area contributed by atoms with Gasteiger partial charge in [-0.1, -0.05) is 29.7 Å². The van der Waals surface area contributed by atoms with Gasteiger partial charge in [-0.25, -0.2) is 4.79 Å². The molecule has 0 aliphatic rings. The maximum atomic E-state index is 10.1. The van der Waals surface area contributed by atoms with Crippen LogP contribution in [0, 0.1) is 0 Å². The number of hydrogen-bond acceptors (Lipinski definition) is 9. The van der Waals surface area contributed by atoms with E-state index in [2.05, 4.69) is 18.9 Å². The Morgan fingerprint density at radius 3 is 0.594 bits per heavy atom. The van der Waals surface area contributed by atoms with E-state index in [-0.39, 0.29) is 53.5 Å². The molecule has 0 spiro atoms. The molecule has 0 unspecified atom stereocenters. The normalized spacial score (nSPS) is 6.38. The van der Waals surface area contributed by atoms with Crippen LogP contribution in [-0.2, 0) is 38.1 Å². The van der Waals surface area contributed by atoms with Crippen LogP contribution in [0.1, 0.15) is 57.4 Å². The summed E-state index contributed by atoms with van der Waals surface area (Å²) in [4.78, 5) is 52.1. The largest absolute Gasteiger partial charge is 0.507 e. The number of nitrogens with zero attached hydrogens (tertiary/aromatic N) is 2. The van der Waals surface area contributed by atoms with Crippen LogP contribution < -0.4 is 0 Å². The zero-order chi connectivity index (χ0) is 23.9. The molecule has 200 valence electrons. The van der Waals surface area contributed by atoms with Crippen molar-refractivity contribution in [2.24, 2.45) is 0 Å². The van der Waals surface area contributed by atoms with Gasteiger partial charge in [0.25, 0.3) is 0 Å². The first-order valence-electron chi connectivity index (χ1n) is 7.71. The van der Waals surface area contributed by atoms with Gasteiger partial charge in [0.1, 0.15) is 0 Å². The molecule has 0 N–H and O–H groups in total. The predicted molar refractivity (Wildman–Crippen MR) is 130 cm³/mol. The molecule has 0 aliphatic carbocycles. The van der Waals surface area contributed by atoms with Crippen LogP contribution in [0.3, 0.4) is 0 Å². The molecular weight excluding hydrogens is 424 g/mol. The Balaban J connectivity index is -0.0000000287. The molecule has 11 heteroatoms. The second-order valence-electron chi connectivity index (χ2n) is 4.88. The first-order chi connectivity index (χ1) is 12.6. The lowest BCUT2D eigenvalue weighted by Crippen LogP contribution is -2.17.